The van der Waals surface area contributed by atoms with Crippen LogP contribution in [0.2, 0.25) is 0 Å². The molecule has 10 heavy (non-hydrogen) atoms. The first kappa shape index (κ1) is 8.02. The molecule has 1 fully saturated rings. The molecular weight excluding hydrogens is 124 g/mol. The van der Waals surface area contributed by atoms with Gasteiger partial charge in [0.05, 0.1) is 0 Å². The standard InChI is InChI=1S/C8H18N2/c1-8(2)6-10-5-4-7(8)9-3/h7,9-10H,4-6H2,1-3H3/t7-/m1/s1. The summed E-state index contributed by atoms with van der Waals surface area (Å²) in [7, 11) is 2.05. The fourth-order valence-corrected chi connectivity index (χ4v) is 1.71. The van der Waals surface area contributed by atoms with E-state index in [2.05, 4.69) is 31.5 Å². The van der Waals surface area contributed by atoms with E-state index < -0.39 is 0 Å². The Bertz CT molecular complexity index is 110. The highest BCUT2D eigenvalue weighted by Gasteiger charge is 2.30. The Balaban J connectivity index is 2.51. The number of hydrogen-bond acceptors (Lipinski definition) is 2. The van der Waals surface area contributed by atoms with Crippen molar-refractivity contribution in [2.75, 3.05) is 20.1 Å². The van der Waals surface area contributed by atoms with Crippen LogP contribution in [-0.4, -0.2) is 26.2 Å². The average molecular weight is 142 g/mol. The summed E-state index contributed by atoms with van der Waals surface area (Å²) in [6, 6.07) is 0.689. The van der Waals surface area contributed by atoms with Gasteiger partial charge in [0.2, 0.25) is 0 Å². The molecule has 2 nitrogen and oxygen atoms in total. The fraction of sp³-hybridized carbons (Fsp3) is 1.00. The lowest BCUT2D eigenvalue weighted by molar-refractivity contribution is 0.194. The van der Waals surface area contributed by atoms with Crippen molar-refractivity contribution in [2.45, 2.75) is 26.3 Å². The van der Waals surface area contributed by atoms with Crippen LogP contribution in [0.4, 0.5) is 0 Å². The minimum atomic E-state index is 0.424. The Morgan fingerprint density at radius 3 is 2.60 bits per heavy atom. The van der Waals surface area contributed by atoms with Crippen LogP contribution in [-0.2, 0) is 0 Å². The van der Waals surface area contributed by atoms with Crippen molar-refractivity contribution in [3.63, 3.8) is 0 Å². The summed E-state index contributed by atoms with van der Waals surface area (Å²) in [6.45, 7) is 6.91. The van der Waals surface area contributed by atoms with Gasteiger partial charge in [-0.3, -0.25) is 0 Å². The summed E-state index contributed by atoms with van der Waals surface area (Å²) in [5.41, 5.74) is 0.424. The van der Waals surface area contributed by atoms with Crippen LogP contribution in [0.25, 0.3) is 0 Å². The van der Waals surface area contributed by atoms with Crippen LogP contribution in [0.3, 0.4) is 0 Å². The summed E-state index contributed by atoms with van der Waals surface area (Å²) >= 11 is 0. The number of rotatable bonds is 1. The van der Waals surface area contributed by atoms with Gasteiger partial charge in [0.25, 0.3) is 0 Å². The summed E-state index contributed by atoms with van der Waals surface area (Å²) in [6.07, 6.45) is 1.25. The second kappa shape index (κ2) is 2.89. The second-order valence-corrected chi connectivity index (χ2v) is 3.80. The highest BCUT2D eigenvalue weighted by Crippen LogP contribution is 2.24. The topological polar surface area (TPSA) is 24.1 Å². The molecule has 0 aromatic rings. The molecule has 1 aliphatic heterocycles. The van der Waals surface area contributed by atoms with Crippen molar-refractivity contribution in [2.24, 2.45) is 5.41 Å². The molecule has 0 bridgehead atoms. The maximum Gasteiger partial charge on any atom is 0.0139 e. The van der Waals surface area contributed by atoms with Crippen molar-refractivity contribution in [1.82, 2.24) is 10.6 Å². The van der Waals surface area contributed by atoms with Crippen LogP contribution in [0.1, 0.15) is 20.3 Å². The molecule has 1 atom stereocenters. The molecule has 1 rings (SSSR count). The Morgan fingerprint density at radius 2 is 2.20 bits per heavy atom. The highest BCUT2D eigenvalue weighted by molar-refractivity contribution is 4.89. The average Bonchev–Trinajstić information content (AvgIpc) is 1.87. The zero-order valence-electron chi connectivity index (χ0n) is 7.20. The molecule has 0 radical (unpaired) electrons. The van der Waals surface area contributed by atoms with E-state index in [1.807, 2.05) is 0 Å². The molecule has 0 unspecified atom stereocenters. The third-order valence-corrected chi connectivity index (χ3v) is 2.48. The van der Waals surface area contributed by atoms with Crippen LogP contribution in [0.5, 0.6) is 0 Å². The zero-order chi connectivity index (χ0) is 7.61. The van der Waals surface area contributed by atoms with E-state index in [4.69, 9.17) is 0 Å². The first-order valence-electron chi connectivity index (χ1n) is 4.05. The van der Waals surface area contributed by atoms with Crippen molar-refractivity contribution in [1.29, 1.82) is 0 Å². The zero-order valence-corrected chi connectivity index (χ0v) is 7.20. The maximum absolute atomic E-state index is 3.40. The molecule has 0 aromatic carbocycles. The van der Waals surface area contributed by atoms with Crippen molar-refractivity contribution in [3.05, 3.63) is 0 Å². The quantitative estimate of drug-likeness (QED) is 0.560. The monoisotopic (exact) mass is 142 g/mol. The van der Waals surface area contributed by atoms with Gasteiger partial charge in [0.1, 0.15) is 0 Å². The second-order valence-electron chi connectivity index (χ2n) is 3.80. The first-order chi connectivity index (χ1) is 4.67. The molecule has 0 amide bonds. The van der Waals surface area contributed by atoms with Gasteiger partial charge < -0.3 is 10.6 Å². The molecule has 0 aromatic heterocycles. The van der Waals surface area contributed by atoms with E-state index in [1.54, 1.807) is 0 Å². The Labute approximate surface area is 63.4 Å². The number of piperidine rings is 1. The van der Waals surface area contributed by atoms with Gasteiger partial charge in [0, 0.05) is 12.6 Å². The van der Waals surface area contributed by atoms with E-state index in [0.717, 1.165) is 13.1 Å². The van der Waals surface area contributed by atoms with Gasteiger partial charge in [-0.25, -0.2) is 0 Å². The van der Waals surface area contributed by atoms with E-state index in [1.165, 1.54) is 6.42 Å². The minimum Gasteiger partial charge on any atom is -0.316 e. The van der Waals surface area contributed by atoms with Crippen molar-refractivity contribution in [3.8, 4) is 0 Å². The van der Waals surface area contributed by atoms with E-state index in [9.17, 15) is 0 Å². The lowest BCUT2D eigenvalue weighted by Gasteiger charge is -2.38. The highest BCUT2D eigenvalue weighted by atomic mass is 15.0. The molecule has 0 spiro atoms. The summed E-state index contributed by atoms with van der Waals surface area (Å²) in [5.74, 6) is 0. The van der Waals surface area contributed by atoms with E-state index in [0.29, 0.717) is 11.5 Å². The largest absolute Gasteiger partial charge is 0.316 e. The predicted molar refractivity (Wildman–Crippen MR) is 44.1 cm³/mol. The van der Waals surface area contributed by atoms with Crippen LogP contribution >= 0.6 is 0 Å². The Kier molecular flexibility index (Phi) is 2.32. The van der Waals surface area contributed by atoms with E-state index >= 15 is 0 Å². The third kappa shape index (κ3) is 1.50. The van der Waals surface area contributed by atoms with Gasteiger partial charge in [-0.15, -0.1) is 0 Å². The Morgan fingerprint density at radius 1 is 1.50 bits per heavy atom. The summed E-state index contributed by atoms with van der Waals surface area (Å²) in [4.78, 5) is 0. The van der Waals surface area contributed by atoms with Crippen molar-refractivity contribution >= 4 is 0 Å². The molecular formula is C8H18N2. The number of nitrogens with one attached hydrogen (secondary N) is 2. The molecule has 2 N–H and O–H groups in total. The molecule has 1 saturated heterocycles. The van der Waals surface area contributed by atoms with Crippen LogP contribution in [0.15, 0.2) is 0 Å². The first-order valence-corrected chi connectivity index (χ1v) is 4.05. The van der Waals surface area contributed by atoms with Gasteiger partial charge in [-0.05, 0) is 25.4 Å². The molecule has 1 aliphatic rings. The summed E-state index contributed by atoms with van der Waals surface area (Å²) in [5, 5.41) is 6.75. The minimum absolute atomic E-state index is 0.424. The molecule has 1 heterocycles. The maximum atomic E-state index is 3.40. The third-order valence-electron chi connectivity index (χ3n) is 2.48. The molecule has 2 heteroatoms. The van der Waals surface area contributed by atoms with Gasteiger partial charge in [-0.1, -0.05) is 13.8 Å². The van der Waals surface area contributed by atoms with Gasteiger partial charge in [0.15, 0.2) is 0 Å². The molecule has 60 valence electrons. The summed E-state index contributed by atoms with van der Waals surface area (Å²) < 4.78 is 0. The fourth-order valence-electron chi connectivity index (χ4n) is 1.71. The number of hydrogen-bond donors (Lipinski definition) is 2. The van der Waals surface area contributed by atoms with Crippen molar-refractivity contribution < 1.29 is 0 Å². The predicted octanol–water partition coefficient (Wildman–Crippen LogP) is 0.594. The SMILES string of the molecule is CN[C@@H]1CCNCC1(C)C. The lowest BCUT2D eigenvalue weighted by atomic mass is 9.80. The smallest absolute Gasteiger partial charge is 0.0139 e. The normalized spacial score (nSPS) is 32.1. The van der Waals surface area contributed by atoms with Crippen LogP contribution in [0, 0.1) is 5.41 Å². The lowest BCUT2D eigenvalue weighted by Crippen LogP contribution is -2.51. The Hall–Kier alpha value is -0.0800. The molecule has 0 aliphatic carbocycles. The molecule has 0 saturated carbocycles. The van der Waals surface area contributed by atoms with Crippen LogP contribution < -0.4 is 10.6 Å². The van der Waals surface area contributed by atoms with E-state index in [-0.39, 0.29) is 0 Å². The van der Waals surface area contributed by atoms with Gasteiger partial charge >= 0.3 is 0 Å². The van der Waals surface area contributed by atoms with Gasteiger partial charge in [-0.2, -0.15) is 0 Å².